The van der Waals surface area contributed by atoms with Crippen LogP contribution in [0.1, 0.15) is 46.0 Å². The lowest BCUT2D eigenvalue weighted by atomic mass is 10.0. The summed E-state index contributed by atoms with van der Waals surface area (Å²) in [6, 6.07) is 1.47. The molecule has 0 aromatic carbocycles. The Morgan fingerprint density at radius 1 is 1.33 bits per heavy atom. The van der Waals surface area contributed by atoms with Crippen molar-refractivity contribution < 1.29 is 4.79 Å². The average molecular weight is 253 g/mol. The lowest BCUT2D eigenvalue weighted by molar-refractivity contribution is -0.122. The molecule has 4 nitrogen and oxygen atoms in total. The first-order valence-electron chi connectivity index (χ1n) is 7.42. The van der Waals surface area contributed by atoms with Gasteiger partial charge in [0.25, 0.3) is 0 Å². The molecule has 4 heteroatoms. The second-order valence-electron chi connectivity index (χ2n) is 6.01. The van der Waals surface area contributed by atoms with Gasteiger partial charge in [-0.15, -0.1) is 0 Å². The highest BCUT2D eigenvalue weighted by molar-refractivity contribution is 5.78. The second kappa shape index (κ2) is 6.53. The molecular weight excluding hydrogens is 226 g/mol. The van der Waals surface area contributed by atoms with Crippen molar-refractivity contribution in [3.63, 3.8) is 0 Å². The first-order chi connectivity index (χ1) is 8.65. The maximum absolute atomic E-state index is 11.9. The highest BCUT2D eigenvalue weighted by atomic mass is 16.2. The zero-order chi connectivity index (χ0) is 13.0. The van der Waals surface area contributed by atoms with E-state index in [1.54, 1.807) is 0 Å². The van der Waals surface area contributed by atoms with E-state index in [1.807, 2.05) is 0 Å². The van der Waals surface area contributed by atoms with Gasteiger partial charge in [-0.3, -0.25) is 9.69 Å². The zero-order valence-corrected chi connectivity index (χ0v) is 11.7. The van der Waals surface area contributed by atoms with Gasteiger partial charge in [0.05, 0.1) is 6.54 Å². The Kier molecular flexibility index (Phi) is 5.01. The van der Waals surface area contributed by atoms with Crippen molar-refractivity contribution in [1.82, 2.24) is 15.5 Å². The summed E-state index contributed by atoms with van der Waals surface area (Å²) < 4.78 is 0. The van der Waals surface area contributed by atoms with Crippen LogP contribution in [0.3, 0.4) is 0 Å². The molecule has 2 N–H and O–H groups in total. The summed E-state index contributed by atoms with van der Waals surface area (Å²) in [5.41, 5.74) is 0. The fourth-order valence-corrected chi connectivity index (χ4v) is 2.51. The number of nitrogens with zero attached hydrogens (tertiary/aromatic N) is 1. The van der Waals surface area contributed by atoms with E-state index in [0.29, 0.717) is 24.7 Å². The normalized spacial score (nSPS) is 24.6. The number of piperidine rings is 1. The number of nitrogens with one attached hydrogen (secondary N) is 2. The molecule has 2 aliphatic rings. The quantitative estimate of drug-likeness (QED) is 0.745. The standard InChI is InChI=1S/C14H27N3O/c1-11(2)17(9-13-5-3-4-8-15-13)10-14(18)16-12-6-7-12/h11-13,15H,3-10H2,1-2H3,(H,16,18). The van der Waals surface area contributed by atoms with Crippen LogP contribution >= 0.6 is 0 Å². The van der Waals surface area contributed by atoms with Crippen molar-refractivity contribution in [1.29, 1.82) is 0 Å². The molecule has 1 saturated carbocycles. The van der Waals surface area contributed by atoms with Crippen molar-refractivity contribution in [3.8, 4) is 0 Å². The van der Waals surface area contributed by atoms with E-state index in [4.69, 9.17) is 0 Å². The van der Waals surface area contributed by atoms with Crippen molar-refractivity contribution in [3.05, 3.63) is 0 Å². The molecule has 0 radical (unpaired) electrons. The van der Waals surface area contributed by atoms with Crippen LogP contribution in [0.15, 0.2) is 0 Å². The van der Waals surface area contributed by atoms with Gasteiger partial charge in [-0.1, -0.05) is 6.42 Å². The van der Waals surface area contributed by atoms with Crippen LogP contribution in [0, 0.1) is 0 Å². The van der Waals surface area contributed by atoms with Gasteiger partial charge in [0.2, 0.25) is 5.91 Å². The molecule has 1 heterocycles. The molecule has 1 saturated heterocycles. The van der Waals surface area contributed by atoms with Crippen molar-refractivity contribution in [2.24, 2.45) is 0 Å². The molecule has 1 aliphatic heterocycles. The maximum Gasteiger partial charge on any atom is 0.234 e. The smallest absolute Gasteiger partial charge is 0.234 e. The molecule has 2 rings (SSSR count). The van der Waals surface area contributed by atoms with Crippen LogP contribution in [0.25, 0.3) is 0 Å². The Balaban J connectivity index is 1.76. The lowest BCUT2D eigenvalue weighted by Crippen LogP contribution is -2.49. The molecule has 1 aliphatic carbocycles. The molecule has 1 amide bonds. The van der Waals surface area contributed by atoms with Crippen LogP contribution in [-0.4, -0.2) is 48.6 Å². The summed E-state index contributed by atoms with van der Waals surface area (Å²) in [7, 11) is 0. The first-order valence-corrected chi connectivity index (χ1v) is 7.42. The Hall–Kier alpha value is -0.610. The summed E-state index contributed by atoms with van der Waals surface area (Å²) in [4.78, 5) is 14.2. The van der Waals surface area contributed by atoms with Gasteiger partial charge >= 0.3 is 0 Å². The van der Waals surface area contributed by atoms with Gasteiger partial charge < -0.3 is 10.6 Å². The maximum atomic E-state index is 11.9. The third kappa shape index (κ3) is 4.58. The van der Waals surface area contributed by atoms with Crippen LogP contribution in [0.2, 0.25) is 0 Å². The van der Waals surface area contributed by atoms with E-state index in [1.165, 1.54) is 19.3 Å². The van der Waals surface area contributed by atoms with Gasteiger partial charge in [0, 0.05) is 24.7 Å². The highest BCUT2D eigenvalue weighted by Crippen LogP contribution is 2.18. The van der Waals surface area contributed by atoms with E-state index in [9.17, 15) is 4.79 Å². The number of hydrogen-bond acceptors (Lipinski definition) is 3. The third-order valence-corrected chi connectivity index (χ3v) is 3.89. The van der Waals surface area contributed by atoms with Crippen LogP contribution in [0.5, 0.6) is 0 Å². The Bertz CT molecular complexity index is 270. The first kappa shape index (κ1) is 13.8. The van der Waals surface area contributed by atoms with E-state index in [2.05, 4.69) is 29.4 Å². The Morgan fingerprint density at radius 3 is 2.67 bits per heavy atom. The predicted molar refractivity (Wildman–Crippen MR) is 73.5 cm³/mol. The number of carbonyl (C=O) groups excluding carboxylic acids is 1. The number of hydrogen-bond donors (Lipinski definition) is 2. The summed E-state index contributed by atoms with van der Waals surface area (Å²) >= 11 is 0. The largest absolute Gasteiger partial charge is 0.352 e. The van der Waals surface area contributed by atoms with Crippen molar-refractivity contribution >= 4 is 5.91 Å². The fraction of sp³-hybridized carbons (Fsp3) is 0.929. The molecule has 2 fully saturated rings. The summed E-state index contributed by atoms with van der Waals surface area (Å²) in [6.45, 7) is 7.02. The van der Waals surface area contributed by atoms with Crippen LogP contribution in [0.4, 0.5) is 0 Å². The van der Waals surface area contributed by atoms with Gasteiger partial charge in [0.1, 0.15) is 0 Å². The van der Waals surface area contributed by atoms with Crippen LogP contribution < -0.4 is 10.6 Å². The number of rotatable bonds is 6. The SMILES string of the molecule is CC(C)N(CC(=O)NC1CC1)CC1CCCCN1. The monoisotopic (exact) mass is 253 g/mol. The molecule has 0 aromatic heterocycles. The molecule has 0 spiro atoms. The number of amides is 1. The lowest BCUT2D eigenvalue weighted by Gasteiger charge is -2.32. The molecule has 104 valence electrons. The summed E-state index contributed by atoms with van der Waals surface area (Å²) in [6.07, 6.45) is 6.18. The molecule has 18 heavy (non-hydrogen) atoms. The Morgan fingerprint density at radius 2 is 2.11 bits per heavy atom. The highest BCUT2D eigenvalue weighted by Gasteiger charge is 2.25. The predicted octanol–water partition coefficient (Wildman–Crippen LogP) is 1.12. The second-order valence-corrected chi connectivity index (χ2v) is 6.01. The van der Waals surface area contributed by atoms with Crippen LogP contribution in [-0.2, 0) is 4.79 Å². The van der Waals surface area contributed by atoms with E-state index >= 15 is 0 Å². The molecular formula is C14H27N3O. The van der Waals surface area contributed by atoms with E-state index in [-0.39, 0.29) is 5.91 Å². The van der Waals surface area contributed by atoms with E-state index < -0.39 is 0 Å². The fourth-order valence-electron chi connectivity index (χ4n) is 2.51. The minimum absolute atomic E-state index is 0.196. The molecule has 1 unspecified atom stereocenters. The van der Waals surface area contributed by atoms with Gasteiger partial charge in [-0.2, -0.15) is 0 Å². The van der Waals surface area contributed by atoms with Gasteiger partial charge in [-0.25, -0.2) is 0 Å². The number of carbonyl (C=O) groups is 1. The molecule has 0 bridgehead atoms. The summed E-state index contributed by atoms with van der Waals surface area (Å²) in [5.74, 6) is 0.196. The van der Waals surface area contributed by atoms with Gasteiger partial charge in [-0.05, 0) is 46.1 Å². The topological polar surface area (TPSA) is 44.4 Å². The Labute approximate surface area is 110 Å². The minimum atomic E-state index is 0.196. The third-order valence-electron chi connectivity index (χ3n) is 3.89. The van der Waals surface area contributed by atoms with Crippen molar-refractivity contribution in [2.45, 2.75) is 64.1 Å². The molecule has 1 atom stereocenters. The summed E-state index contributed by atoms with van der Waals surface area (Å²) in [5, 5.41) is 6.63. The molecule has 0 aromatic rings. The van der Waals surface area contributed by atoms with Gasteiger partial charge in [0.15, 0.2) is 0 Å². The van der Waals surface area contributed by atoms with Crippen molar-refractivity contribution in [2.75, 3.05) is 19.6 Å². The van der Waals surface area contributed by atoms with E-state index in [0.717, 1.165) is 25.9 Å². The minimum Gasteiger partial charge on any atom is -0.352 e. The zero-order valence-electron chi connectivity index (χ0n) is 11.7. The average Bonchev–Trinajstić information content (AvgIpc) is 3.13.